The number of hydrogen-bond donors (Lipinski definition) is 2. The van der Waals surface area contributed by atoms with Gasteiger partial charge in [0.25, 0.3) is 5.91 Å². The summed E-state index contributed by atoms with van der Waals surface area (Å²) in [6.07, 6.45) is 0. The molecule has 7 heteroatoms. The number of aromatic nitrogens is 3. The minimum Gasteiger partial charge on any atom is -0.497 e. The Hall–Kier alpha value is -3.09. The van der Waals surface area contributed by atoms with Crippen molar-refractivity contribution in [2.24, 2.45) is 5.73 Å². The summed E-state index contributed by atoms with van der Waals surface area (Å²) in [6.45, 7) is 0. The zero-order valence-corrected chi connectivity index (χ0v) is 12.1. The van der Waals surface area contributed by atoms with E-state index in [1.54, 1.807) is 14.2 Å². The molecule has 0 bridgehead atoms. The van der Waals surface area contributed by atoms with E-state index in [0.29, 0.717) is 22.8 Å². The number of primary amides is 1. The quantitative estimate of drug-likeness (QED) is 0.763. The van der Waals surface area contributed by atoms with E-state index < -0.39 is 5.91 Å². The van der Waals surface area contributed by atoms with Gasteiger partial charge in [-0.15, -0.1) is 0 Å². The van der Waals surface area contributed by atoms with Crippen molar-refractivity contribution in [3.8, 4) is 22.8 Å². The second kappa shape index (κ2) is 5.36. The summed E-state index contributed by atoms with van der Waals surface area (Å²) in [6, 6.07) is 9.36. The van der Waals surface area contributed by atoms with Crippen LogP contribution < -0.4 is 15.2 Å². The van der Waals surface area contributed by atoms with Crippen molar-refractivity contribution in [1.29, 1.82) is 0 Å². The van der Waals surface area contributed by atoms with E-state index in [-0.39, 0.29) is 5.69 Å². The lowest BCUT2D eigenvalue weighted by molar-refractivity contribution is 0.0996. The molecule has 1 aromatic heterocycles. The molecule has 112 valence electrons. The summed E-state index contributed by atoms with van der Waals surface area (Å²) in [5, 5.41) is 12.1. The number of nitrogens with two attached hydrogens (primary N) is 1. The van der Waals surface area contributed by atoms with Crippen LogP contribution in [0.5, 0.6) is 11.5 Å². The molecule has 22 heavy (non-hydrogen) atoms. The Morgan fingerprint density at radius 2 is 1.91 bits per heavy atom. The maximum atomic E-state index is 11.5. The Kier molecular flexibility index (Phi) is 3.38. The molecule has 0 radical (unpaired) electrons. The molecule has 0 aliphatic carbocycles. The lowest BCUT2D eigenvalue weighted by atomic mass is 9.99. The van der Waals surface area contributed by atoms with Gasteiger partial charge in [-0.05, 0) is 29.0 Å². The molecule has 0 saturated carbocycles. The number of carbonyl (C=O) groups is 1. The van der Waals surface area contributed by atoms with Crippen molar-refractivity contribution in [2.75, 3.05) is 14.2 Å². The van der Waals surface area contributed by atoms with E-state index in [9.17, 15) is 4.79 Å². The van der Waals surface area contributed by atoms with E-state index in [1.807, 2.05) is 30.3 Å². The van der Waals surface area contributed by atoms with Crippen LogP contribution in [0.15, 0.2) is 30.3 Å². The summed E-state index contributed by atoms with van der Waals surface area (Å²) >= 11 is 0. The van der Waals surface area contributed by atoms with Gasteiger partial charge < -0.3 is 15.2 Å². The molecule has 0 unspecified atom stereocenters. The zero-order chi connectivity index (χ0) is 15.7. The molecule has 3 N–H and O–H groups in total. The van der Waals surface area contributed by atoms with Crippen molar-refractivity contribution in [3.05, 3.63) is 36.0 Å². The van der Waals surface area contributed by atoms with Gasteiger partial charge >= 0.3 is 0 Å². The Morgan fingerprint density at radius 3 is 2.59 bits per heavy atom. The van der Waals surface area contributed by atoms with Crippen molar-refractivity contribution in [2.45, 2.75) is 0 Å². The van der Waals surface area contributed by atoms with Crippen LogP contribution in [0.1, 0.15) is 10.5 Å². The van der Waals surface area contributed by atoms with Crippen LogP contribution in [0.25, 0.3) is 22.0 Å². The summed E-state index contributed by atoms with van der Waals surface area (Å²) in [4.78, 5) is 11.5. The Bertz CT molecular complexity index is 852. The monoisotopic (exact) mass is 298 g/mol. The van der Waals surface area contributed by atoms with Crippen molar-refractivity contribution in [3.63, 3.8) is 0 Å². The summed E-state index contributed by atoms with van der Waals surface area (Å²) < 4.78 is 10.7. The number of nitrogens with one attached hydrogen (secondary N) is 1. The lowest BCUT2D eigenvalue weighted by Crippen LogP contribution is -2.13. The smallest absolute Gasteiger partial charge is 0.271 e. The Morgan fingerprint density at radius 1 is 1.14 bits per heavy atom. The fraction of sp³-hybridized carbons (Fsp3) is 0.133. The largest absolute Gasteiger partial charge is 0.497 e. The number of aromatic amines is 1. The molecule has 0 fully saturated rings. The molecule has 0 saturated heterocycles. The van der Waals surface area contributed by atoms with Gasteiger partial charge in [0.15, 0.2) is 5.69 Å². The summed E-state index contributed by atoms with van der Waals surface area (Å²) in [5.41, 5.74) is 6.42. The maximum absolute atomic E-state index is 11.5. The van der Waals surface area contributed by atoms with E-state index in [2.05, 4.69) is 15.4 Å². The van der Waals surface area contributed by atoms with E-state index in [1.165, 1.54) is 0 Å². The fourth-order valence-electron chi connectivity index (χ4n) is 2.40. The minimum absolute atomic E-state index is 0.0635. The third-order valence-electron chi connectivity index (χ3n) is 3.43. The average molecular weight is 298 g/mol. The number of methoxy groups -OCH3 is 2. The molecule has 2 aromatic carbocycles. The second-order valence-corrected chi connectivity index (χ2v) is 4.61. The van der Waals surface area contributed by atoms with Crippen molar-refractivity contribution < 1.29 is 14.3 Å². The molecule has 1 amide bonds. The number of rotatable bonds is 4. The van der Waals surface area contributed by atoms with Gasteiger partial charge in [-0.2, -0.15) is 15.4 Å². The van der Waals surface area contributed by atoms with Crippen LogP contribution in [0.2, 0.25) is 0 Å². The van der Waals surface area contributed by atoms with Crippen LogP contribution in [0.4, 0.5) is 0 Å². The van der Waals surface area contributed by atoms with E-state index in [0.717, 1.165) is 10.8 Å². The molecule has 1 heterocycles. The fourth-order valence-corrected chi connectivity index (χ4v) is 2.40. The highest BCUT2D eigenvalue weighted by atomic mass is 16.5. The van der Waals surface area contributed by atoms with Gasteiger partial charge in [0, 0.05) is 0 Å². The highest BCUT2D eigenvalue weighted by Crippen LogP contribution is 2.38. The predicted molar refractivity (Wildman–Crippen MR) is 80.9 cm³/mol. The normalized spacial score (nSPS) is 10.6. The Balaban J connectivity index is 2.38. The SMILES string of the molecule is COc1ccc2ccc(OC)c(-c3n[nH]nc3C(N)=O)c2c1. The molecule has 0 atom stereocenters. The van der Waals surface area contributed by atoms with Crippen LogP contribution in [0, 0.1) is 0 Å². The summed E-state index contributed by atoms with van der Waals surface area (Å²) in [7, 11) is 3.14. The predicted octanol–water partition coefficient (Wildman–Crippen LogP) is 1.74. The van der Waals surface area contributed by atoms with Gasteiger partial charge in [0.1, 0.15) is 17.2 Å². The molecule has 0 aliphatic rings. The second-order valence-electron chi connectivity index (χ2n) is 4.61. The standard InChI is InChI=1S/C15H14N4O3/c1-21-9-5-3-8-4-6-11(22-2)12(10(8)7-9)13-14(15(16)20)18-19-17-13/h3-7H,1-2H3,(H2,16,20)(H,17,18,19). The Labute approximate surface area is 126 Å². The molecule has 3 aromatic rings. The summed E-state index contributed by atoms with van der Waals surface area (Å²) in [5.74, 6) is 0.592. The first kappa shape index (κ1) is 13.9. The molecular weight excluding hydrogens is 284 g/mol. The van der Waals surface area contributed by atoms with Gasteiger partial charge in [0.2, 0.25) is 0 Å². The number of H-pyrrole nitrogens is 1. The first-order valence-corrected chi connectivity index (χ1v) is 6.51. The van der Waals surface area contributed by atoms with Gasteiger partial charge in [-0.3, -0.25) is 4.79 Å². The number of nitrogens with zero attached hydrogens (tertiary/aromatic N) is 2. The number of benzene rings is 2. The average Bonchev–Trinajstić information content (AvgIpc) is 3.02. The first-order valence-electron chi connectivity index (χ1n) is 6.51. The zero-order valence-electron chi connectivity index (χ0n) is 12.1. The number of ether oxygens (including phenoxy) is 2. The molecule has 3 rings (SSSR count). The number of carbonyl (C=O) groups excluding carboxylic acids is 1. The number of hydrogen-bond acceptors (Lipinski definition) is 5. The number of amides is 1. The van der Waals surface area contributed by atoms with Crippen molar-refractivity contribution in [1.82, 2.24) is 15.4 Å². The van der Waals surface area contributed by atoms with E-state index in [4.69, 9.17) is 15.2 Å². The maximum Gasteiger partial charge on any atom is 0.271 e. The van der Waals surface area contributed by atoms with Crippen LogP contribution in [-0.4, -0.2) is 35.5 Å². The highest BCUT2D eigenvalue weighted by Gasteiger charge is 2.21. The van der Waals surface area contributed by atoms with Crippen LogP contribution >= 0.6 is 0 Å². The highest BCUT2D eigenvalue weighted by molar-refractivity contribution is 6.05. The third-order valence-corrected chi connectivity index (χ3v) is 3.43. The van der Waals surface area contributed by atoms with Crippen LogP contribution in [-0.2, 0) is 0 Å². The number of fused-ring (bicyclic) bond motifs is 1. The van der Waals surface area contributed by atoms with E-state index >= 15 is 0 Å². The lowest BCUT2D eigenvalue weighted by Gasteiger charge is -2.12. The first-order chi connectivity index (χ1) is 10.7. The molecule has 7 nitrogen and oxygen atoms in total. The molecule has 0 aliphatic heterocycles. The minimum atomic E-state index is -0.661. The van der Waals surface area contributed by atoms with Crippen LogP contribution in [0.3, 0.4) is 0 Å². The van der Waals surface area contributed by atoms with Gasteiger partial charge in [-0.1, -0.05) is 12.1 Å². The topological polar surface area (TPSA) is 103 Å². The van der Waals surface area contributed by atoms with Gasteiger partial charge in [0.05, 0.1) is 19.8 Å². The third kappa shape index (κ3) is 2.12. The van der Waals surface area contributed by atoms with Gasteiger partial charge in [-0.25, -0.2) is 0 Å². The molecular formula is C15H14N4O3. The molecule has 0 spiro atoms. The van der Waals surface area contributed by atoms with Crippen molar-refractivity contribution >= 4 is 16.7 Å².